The van der Waals surface area contributed by atoms with Crippen molar-refractivity contribution in [2.75, 3.05) is 26.2 Å². The maximum atomic E-state index is 4.50. The Hall–Kier alpha value is -1.00. The molecule has 0 aliphatic carbocycles. The predicted octanol–water partition coefficient (Wildman–Crippen LogP) is 1.46. The fourth-order valence-corrected chi connectivity index (χ4v) is 3.19. The number of aromatic nitrogens is 2. The number of piperazine rings is 1. The van der Waals surface area contributed by atoms with E-state index in [0.717, 1.165) is 24.1 Å². The molecule has 1 atom stereocenters. The highest BCUT2D eigenvalue weighted by Gasteiger charge is 2.28. The Morgan fingerprint density at radius 2 is 2.22 bits per heavy atom. The van der Waals surface area contributed by atoms with Crippen LogP contribution in [-0.2, 0) is 6.54 Å². The van der Waals surface area contributed by atoms with E-state index in [1.165, 1.54) is 45.4 Å². The predicted molar refractivity (Wildman–Crippen MR) is 71.3 cm³/mol. The van der Waals surface area contributed by atoms with Crippen LogP contribution in [0.4, 0.5) is 0 Å². The van der Waals surface area contributed by atoms with Gasteiger partial charge in [0.1, 0.15) is 5.82 Å². The summed E-state index contributed by atoms with van der Waals surface area (Å²) in [7, 11) is 0. The van der Waals surface area contributed by atoms with Gasteiger partial charge in [-0.2, -0.15) is 0 Å². The van der Waals surface area contributed by atoms with Gasteiger partial charge in [0.05, 0.1) is 5.69 Å². The molecule has 0 amide bonds. The molecule has 98 valence electrons. The SMILES string of the molecule is Cc1nccc(CN2CCN3CCCCC3C2)n1. The summed E-state index contributed by atoms with van der Waals surface area (Å²) >= 11 is 0. The normalized spacial score (nSPS) is 25.9. The number of fused-ring (bicyclic) bond motifs is 1. The van der Waals surface area contributed by atoms with E-state index in [-0.39, 0.29) is 0 Å². The lowest BCUT2D eigenvalue weighted by atomic mass is 9.99. The van der Waals surface area contributed by atoms with Crippen LogP contribution < -0.4 is 0 Å². The molecule has 0 bridgehead atoms. The fraction of sp³-hybridized carbons (Fsp3) is 0.714. The van der Waals surface area contributed by atoms with Crippen molar-refractivity contribution in [1.82, 2.24) is 19.8 Å². The number of rotatable bonds is 2. The van der Waals surface area contributed by atoms with Gasteiger partial charge in [-0.15, -0.1) is 0 Å². The average molecular weight is 246 g/mol. The Bertz CT molecular complexity index is 407. The Labute approximate surface area is 109 Å². The summed E-state index contributed by atoms with van der Waals surface area (Å²) in [5.41, 5.74) is 1.16. The van der Waals surface area contributed by atoms with E-state index in [1.807, 2.05) is 19.2 Å². The van der Waals surface area contributed by atoms with E-state index in [0.29, 0.717) is 0 Å². The molecule has 0 saturated carbocycles. The third-order valence-corrected chi connectivity index (χ3v) is 4.14. The standard InChI is InChI=1S/C14H22N4/c1-12-15-6-5-13(16-12)10-17-8-9-18-7-3-2-4-14(18)11-17/h5-6,14H,2-4,7-11H2,1H3. The second kappa shape index (κ2) is 5.33. The van der Waals surface area contributed by atoms with Crippen molar-refractivity contribution in [3.63, 3.8) is 0 Å². The smallest absolute Gasteiger partial charge is 0.125 e. The van der Waals surface area contributed by atoms with Gasteiger partial charge in [0, 0.05) is 38.4 Å². The van der Waals surface area contributed by atoms with Crippen LogP contribution >= 0.6 is 0 Å². The molecular formula is C14H22N4. The summed E-state index contributed by atoms with van der Waals surface area (Å²) in [6.45, 7) is 7.87. The van der Waals surface area contributed by atoms with Crippen molar-refractivity contribution in [2.24, 2.45) is 0 Å². The van der Waals surface area contributed by atoms with E-state index >= 15 is 0 Å². The van der Waals surface area contributed by atoms with Crippen LogP contribution in [0.5, 0.6) is 0 Å². The van der Waals surface area contributed by atoms with Crippen LogP contribution in [0.1, 0.15) is 30.8 Å². The van der Waals surface area contributed by atoms with Crippen LogP contribution in [-0.4, -0.2) is 52.0 Å². The van der Waals surface area contributed by atoms with E-state index < -0.39 is 0 Å². The largest absolute Gasteiger partial charge is 0.298 e. The molecule has 18 heavy (non-hydrogen) atoms. The van der Waals surface area contributed by atoms with Gasteiger partial charge in [0.25, 0.3) is 0 Å². The molecule has 3 rings (SSSR count). The second-order valence-corrected chi connectivity index (χ2v) is 5.52. The molecule has 2 saturated heterocycles. The van der Waals surface area contributed by atoms with Gasteiger partial charge in [-0.3, -0.25) is 9.80 Å². The van der Waals surface area contributed by atoms with Crippen molar-refractivity contribution in [3.05, 3.63) is 23.8 Å². The highest BCUT2D eigenvalue weighted by molar-refractivity contribution is 5.02. The minimum Gasteiger partial charge on any atom is -0.298 e. The molecule has 2 fully saturated rings. The summed E-state index contributed by atoms with van der Waals surface area (Å²) in [6, 6.07) is 2.83. The Balaban J connectivity index is 1.61. The molecular weight excluding hydrogens is 224 g/mol. The number of hydrogen-bond donors (Lipinski definition) is 0. The lowest BCUT2D eigenvalue weighted by Crippen LogP contribution is -2.54. The first kappa shape index (κ1) is 12.1. The highest BCUT2D eigenvalue weighted by atomic mass is 15.3. The summed E-state index contributed by atoms with van der Waals surface area (Å²) in [4.78, 5) is 13.9. The molecule has 1 unspecified atom stereocenters. The van der Waals surface area contributed by atoms with E-state index in [9.17, 15) is 0 Å². The number of piperidine rings is 1. The Kier molecular flexibility index (Phi) is 3.57. The van der Waals surface area contributed by atoms with Crippen LogP contribution in [0.25, 0.3) is 0 Å². The molecule has 1 aromatic rings. The maximum absolute atomic E-state index is 4.50. The quantitative estimate of drug-likeness (QED) is 0.791. The van der Waals surface area contributed by atoms with Gasteiger partial charge in [-0.1, -0.05) is 6.42 Å². The van der Waals surface area contributed by atoms with Gasteiger partial charge in [-0.05, 0) is 32.4 Å². The molecule has 0 N–H and O–H groups in total. The second-order valence-electron chi connectivity index (χ2n) is 5.52. The van der Waals surface area contributed by atoms with Crippen molar-refractivity contribution < 1.29 is 0 Å². The number of hydrogen-bond acceptors (Lipinski definition) is 4. The first-order chi connectivity index (χ1) is 8.81. The fourth-order valence-electron chi connectivity index (χ4n) is 3.19. The van der Waals surface area contributed by atoms with Crippen LogP contribution in [0.2, 0.25) is 0 Å². The van der Waals surface area contributed by atoms with Gasteiger partial charge in [-0.25, -0.2) is 9.97 Å². The van der Waals surface area contributed by atoms with Crippen LogP contribution in [0, 0.1) is 6.92 Å². The molecule has 2 aliphatic heterocycles. The minimum atomic E-state index is 0.787. The zero-order valence-corrected chi connectivity index (χ0v) is 11.2. The lowest BCUT2D eigenvalue weighted by molar-refractivity contribution is 0.0451. The third-order valence-electron chi connectivity index (χ3n) is 4.14. The van der Waals surface area contributed by atoms with E-state index in [1.54, 1.807) is 0 Å². The summed E-state index contributed by atoms with van der Waals surface area (Å²) in [5.74, 6) is 0.879. The number of nitrogens with zero attached hydrogens (tertiary/aromatic N) is 4. The summed E-state index contributed by atoms with van der Waals surface area (Å²) < 4.78 is 0. The molecule has 4 nitrogen and oxygen atoms in total. The maximum Gasteiger partial charge on any atom is 0.125 e. The van der Waals surface area contributed by atoms with Crippen molar-refractivity contribution in [2.45, 2.75) is 38.8 Å². The van der Waals surface area contributed by atoms with E-state index in [2.05, 4.69) is 19.8 Å². The Morgan fingerprint density at radius 1 is 1.28 bits per heavy atom. The lowest BCUT2D eigenvalue weighted by Gasteiger charge is -2.44. The van der Waals surface area contributed by atoms with Crippen LogP contribution in [0.3, 0.4) is 0 Å². The minimum absolute atomic E-state index is 0.787. The molecule has 2 aliphatic rings. The summed E-state index contributed by atoms with van der Waals surface area (Å²) in [6.07, 6.45) is 6.04. The zero-order valence-electron chi connectivity index (χ0n) is 11.2. The highest BCUT2D eigenvalue weighted by Crippen LogP contribution is 2.21. The number of aryl methyl sites for hydroxylation is 1. The first-order valence-corrected chi connectivity index (χ1v) is 7.06. The summed E-state index contributed by atoms with van der Waals surface area (Å²) in [5, 5.41) is 0. The van der Waals surface area contributed by atoms with Crippen molar-refractivity contribution in [3.8, 4) is 0 Å². The molecule has 1 aromatic heterocycles. The molecule has 3 heterocycles. The monoisotopic (exact) mass is 246 g/mol. The zero-order chi connectivity index (χ0) is 12.4. The Morgan fingerprint density at radius 3 is 3.11 bits per heavy atom. The molecule has 4 heteroatoms. The van der Waals surface area contributed by atoms with Crippen molar-refractivity contribution in [1.29, 1.82) is 0 Å². The molecule has 0 radical (unpaired) electrons. The topological polar surface area (TPSA) is 32.3 Å². The first-order valence-electron chi connectivity index (χ1n) is 7.06. The van der Waals surface area contributed by atoms with Gasteiger partial charge >= 0.3 is 0 Å². The third kappa shape index (κ3) is 2.70. The average Bonchev–Trinajstić information content (AvgIpc) is 2.39. The van der Waals surface area contributed by atoms with Crippen molar-refractivity contribution >= 4 is 0 Å². The van der Waals surface area contributed by atoms with Gasteiger partial charge in [0.2, 0.25) is 0 Å². The van der Waals surface area contributed by atoms with Gasteiger partial charge < -0.3 is 0 Å². The van der Waals surface area contributed by atoms with Gasteiger partial charge in [0.15, 0.2) is 0 Å². The molecule has 0 aromatic carbocycles. The molecule has 0 spiro atoms. The van der Waals surface area contributed by atoms with Crippen LogP contribution in [0.15, 0.2) is 12.3 Å². The van der Waals surface area contributed by atoms with E-state index in [4.69, 9.17) is 0 Å².